The van der Waals surface area contributed by atoms with Crippen LogP contribution >= 0.6 is 11.6 Å². The van der Waals surface area contributed by atoms with Crippen molar-refractivity contribution < 1.29 is 9.90 Å². The van der Waals surface area contributed by atoms with Crippen LogP contribution in [0, 0.1) is 5.92 Å². The molecule has 2 heterocycles. The van der Waals surface area contributed by atoms with E-state index in [1.54, 1.807) is 24.7 Å². The van der Waals surface area contributed by atoms with Crippen LogP contribution < -0.4 is 5.32 Å². The Morgan fingerprint density at radius 2 is 2.18 bits per heavy atom. The largest absolute Gasteiger partial charge is 0.393 e. The Bertz CT molecular complexity index is 638. The van der Waals surface area contributed by atoms with Crippen molar-refractivity contribution in [1.29, 1.82) is 0 Å². The van der Waals surface area contributed by atoms with Crippen LogP contribution in [0.5, 0.6) is 0 Å². The predicted molar refractivity (Wildman–Crippen MR) is 83.7 cm³/mol. The van der Waals surface area contributed by atoms with Crippen molar-refractivity contribution in [3.63, 3.8) is 0 Å². The van der Waals surface area contributed by atoms with E-state index in [0.29, 0.717) is 10.7 Å². The summed E-state index contributed by atoms with van der Waals surface area (Å²) in [6.07, 6.45) is 7.00. The van der Waals surface area contributed by atoms with Gasteiger partial charge in [-0.05, 0) is 48.9 Å². The summed E-state index contributed by atoms with van der Waals surface area (Å²) < 4.78 is 0. The van der Waals surface area contributed by atoms with Crippen molar-refractivity contribution in [3.8, 4) is 0 Å². The van der Waals surface area contributed by atoms with E-state index in [2.05, 4.69) is 15.3 Å². The molecule has 22 heavy (non-hydrogen) atoms. The third-order valence-electron chi connectivity index (χ3n) is 4.13. The van der Waals surface area contributed by atoms with Gasteiger partial charge in [0.05, 0.1) is 11.1 Å². The topological polar surface area (TPSA) is 78.0 Å². The van der Waals surface area contributed by atoms with Crippen molar-refractivity contribution in [2.24, 2.45) is 5.92 Å². The fourth-order valence-electron chi connectivity index (χ4n) is 2.81. The molecule has 1 amide bonds. The van der Waals surface area contributed by atoms with Crippen molar-refractivity contribution >= 4 is 17.5 Å². The second-order valence-electron chi connectivity index (χ2n) is 5.76. The summed E-state index contributed by atoms with van der Waals surface area (Å²) in [6.45, 7) is 0. The molecule has 5 nitrogen and oxygen atoms in total. The van der Waals surface area contributed by atoms with Gasteiger partial charge in [0.25, 0.3) is 5.91 Å². The number of aromatic nitrogens is 2. The molecule has 3 N–H and O–H groups in total. The number of hydrogen-bond donors (Lipinski definition) is 3. The van der Waals surface area contributed by atoms with Crippen LogP contribution in [0.2, 0.25) is 5.02 Å². The van der Waals surface area contributed by atoms with Gasteiger partial charge in [0.1, 0.15) is 5.69 Å². The number of H-pyrrole nitrogens is 1. The summed E-state index contributed by atoms with van der Waals surface area (Å²) in [4.78, 5) is 19.2. The molecule has 6 heteroatoms. The number of hydrogen-bond acceptors (Lipinski definition) is 3. The van der Waals surface area contributed by atoms with Gasteiger partial charge in [-0.1, -0.05) is 11.6 Å². The van der Waals surface area contributed by atoms with Crippen LogP contribution in [0.3, 0.4) is 0 Å². The fourth-order valence-corrected chi connectivity index (χ4v) is 2.98. The Hall–Kier alpha value is -1.85. The van der Waals surface area contributed by atoms with E-state index in [1.165, 1.54) is 0 Å². The van der Waals surface area contributed by atoms with Crippen LogP contribution in [0.25, 0.3) is 0 Å². The summed E-state index contributed by atoms with van der Waals surface area (Å²) in [5.74, 6) is 0.116. The molecule has 0 aliphatic heterocycles. The minimum absolute atomic E-state index is 0.0135. The molecule has 2 aromatic rings. The number of carbonyl (C=O) groups excluding carboxylic acids is 1. The molecule has 0 saturated heterocycles. The molecular weight excluding hydrogens is 302 g/mol. The van der Waals surface area contributed by atoms with Crippen LogP contribution in [-0.2, 0) is 6.42 Å². The van der Waals surface area contributed by atoms with E-state index >= 15 is 0 Å². The third kappa shape index (κ3) is 3.48. The van der Waals surface area contributed by atoms with Gasteiger partial charge in [0, 0.05) is 24.6 Å². The van der Waals surface area contributed by atoms with E-state index in [1.807, 2.05) is 12.1 Å². The summed E-state index contributed by atoms with van der Waals surface area (Å²) in [5, 5.41) is 13.1. The van der Waals surface area contributed by atoms with Crippen LogP contribution in [-0.4, -0.2) is 33.1 Å². The number of nitrogens with one attached hydrogen (secondary N) is 2. The van der Waals surface area contributed by atoms with E-state index in [-0.39, 0.29) is 24.0 Å². The number of carbonyl (C=O) groups is 1. The van der Waals surface area contributed by atoms with Gasteiger partial charge in [0.2, 0.25) is 0 Å². The third-order valence-corrected chi connectivity index (χ3v) is 4.35. The number of halogens is 1. The van der Waals surface area contributed by atoms with Gasteiger partial charge in [-0.3, -0.25) is 9.78 Å². The molecule has 1 aliphatic carbocycles. The van der Waals surface area contributed by atoms with E-state index < -0.39 is 0 Å². The molecule has 1 fully saturated rings. The molecule has 0 bridgehead atoms. The highest BCUT2D eigenvalue weighted by Gasteiger charge is 2.35. The second kappa shape index (κ2) is 6.50. The van der Waals surface area contributed by atoms with Crippen LogP contribution in [0.15, 0.2) is 36.8 Å². The molecule has 0 unspecified atom stereocenters. The maximum atomic E-state index is 12.3. The van der Waals surface area contributed by atoms with Crippen LogP contribution in [0.4, 0.5) is 0 Å². The first-order valence-electron chi connectivity index (χ1n) is 7.33. The van der Waals surface area contributed by atoms with E-state index in [4.69, 9.17) is 11.6 Å². The Morgan fingerprint density at radius 3 is 2.77 bits per heavy atom. The van der Waals surface area contributed by atoms with Crippen LogP contribution in [0.1, 0.15) is 28.9 Å². The van der Waals surface area contributed by atoms with E-state index in [0.717, 1.165) is 24.8 Å². The van der Waals surface area contributed by atoms with E-state index in [9.17, 15) is 9.90 Å². The highest BCUT2D eigenvalue weighted by atomic mass is 35.5. The Balaban J connectivity index is 1.69. The number of nitrogens with zero attached hydrogens (tertiary/aromatic N) is 1. The lowest BCUT2D eigenvalue weighted by Crippen LogP contribution is -2.48. The van der Waals surface area contributed by atoms with Crippen molar-refractivity contribution in [3.05, 3.63) is 53.1 Å². The Morgan fingerprint density at radius 1 is 1.45 bits per heavy atom. The fraction of sp³-hybridized carbons (Fsp3) is 0.375. The standard InChI is InChI=1S/C16H18ClN3O2/c17-12-8-15(19-9-12)16(22)20-14(11-6-13(21)7-11)5-10-1-3-18-4-2-10/h1-4,8-9,11,13-14,19,21H,5-7H2,(H,20,22)/t11?,13?,14-/m0/s1. The molecule has 2 aromatic heterocycles. The quantitative estimate of drug-likeness (QED) is 0.790. The average Bonchev–Trinajstić information content (AvgIpc) is 2.91. The highest BCUT2D eigenvalue weighted by molar-refractivity contribution is 6.30. The zero-order chi connectivity index (χ0) is 15.5. The average molecular weight is 320 g/mol. The summed E-state index contributed by atoms with van der Waals surface area (Å²) in [7, 11) is 0. The lowest BCUT2D eigenvalue weighted by atomic mass is 9.75. The molecule has 0 radical (unpaired) electrons. The Labute approximate surface area is 133 Å². The van der Waals surface area contributed by atoms with Gasteiger partial charge < -0.3 is 15.4 Å². The van der Waals surface area contributed by atoms with Gasteiger partial charge in [-0.25, -0.2) is 0 Å². The number of aliphatic hydroxyl groups is 1. The molecule has 3 rings (SSSR count). The number of pyridine rings is 1. The summed E-state index contributed by atoms with van der Waals surface area (Å²) >= 11 is 5.84. The molecular formula is C16H18ClN3O2. The second-order valence-corrected chi connectivity index (χ2v) is 6.19. The summed E-state index contributed by atoms with van der Waals surface area (Å²) in [6, 6.07) is 5.48. The maximum absolute atomic E-state index is 12.3. The zero-order valence-electron chi connectivity index (χ0n) is 12.0. The highest BCUT2D eigenvalue weighted by Crippen LogP contribution is 2.31. The molecule has 1 aliphatic rings. The lowest BCUT2D eigenvalue weighted by Gasteiger charge is -2.38. The van der Waals surface area contributed by atoms with Crippen molar-refractivity contribution in [1.82, 2.24) is 15.3 Å². The van der Waals surface area contributed by atoms with Gasteiger partial charge in [-0.2, -0.15) is 0 Å². The van der Waals surface area contributed by atoms with Crippen molar-refractivity contribution in [2.75, 3.05) is 0 Å². The number of aliphatic hydroxyl groups excluding tert-OH is 1. The monoisotopic (exact) mass is 319 g/mol. The first kappa shape index (κ1) is 15.1. The van der Waals surface area contributed by atoms with Gasteiger partial charge in [0.15, 0.2) is 0 Å². The first-order chi connectivity index (χ1) is 10.6. The number of aromatic amines is 1. The van der Waals surface area contributed by atoms with Gasteiger partial charge in [-0.15, -0.1) is 0 Å². The number of rotatable bonds is 5. The lowest BCUT2D eigenvalue weighted by molar-refractivity contribution is 0.0239. The predicted octanol–water partition coefficient (Wildman–Crippen LogP) is 2.18. The SMILES string of the molecule is O=C(N[C@@H](Cc1ccncc1)C1CC(O)C1)c1cc(Cl)c[nH]1. The molecule has 1 saturated carbocycles. The minimum atomic E-state index is -0.248. The smallest absolute Gasteiger partial charge is 0.267 e. The molecule has 1 atom stereocenters. The summed E-state index contributed by atoms with van der Waals surface area (Å²) in [5.41, 5.74) is 1.57. The first-order valence-corrected chi connectivity index (χ1v) is 7.71. The minimum Gasteiger partial charge on any atom is -0.393 e. The maximum Gasteiger partial charge on any atom is 0.267 e. The van der Waals surface area contributed by atoms with Gasteiger partial charge >= 0.3 is 0 Å². The van der Waals surface area contributed by atoms with Crippen molar-refractivity contribution in [2.45, 2.75) is 31.4 Å². The normalized spacial score (nSPS) is 21.9. The zero-order valence-corrected chi connectivity index (χ0v) is 12.8. The Kier molecular flexibility index (Phi) is 4.45. The molecule has 0 spiro atoms. The number of amides is 1. The molecule has 0 aromatic carbocycles. The molecule has 116 valence electrons.